The Labute approximate surface area is 246 Å². The van der Waals surface area contributed by atoms with E-state index >= 15 is 0 Å². The molecule has 1 aliphatic heterocycles. The van der Waals surface area contributed by atoms with Crippen molar-refractivity contribution in [3.63, 3.8) is 0 Å². The Hall–Kier alpha value is -5.94. The van der Waals surface area contributed by atoms with Crippen LogP contribution in [0.2, 0.25) is 0 Å². The van der Waals surface area contributed by atoms with Gasteiger partial charge < -0.3 is 20.4 Å². The van der Waals surface area contributed by atoms with Gasteiger partial charge in [-0.05, 0) is 48.0 Å². The lowest BCUT2D eigenvalue weighted by Gasteiger charge is -2.28. The Balaban J connectivity index is 1.78. The van der Waals surface area contributed by atoms with Gasteiger partial charge in [0.1, 0.15) is 29.2 Å². The van der Waals surface area contributed by atoms with E-state index in [0.717, 1.165) is 17.0 Å². The molecule has 4 aromatic rings. The molecule has 44 heavy (non-hydrogen) atoms. The summed E-state index contributed by atoms with van der Waals surface area (Å²) in [6.07, 6.45) is -5.37. The molecule has 14 heteroatoms. The fraction of sp³-hybridized carbons (Fsp3) is 0.100. The van der Waals surface area contributed by atoms with Crippen molar-refractivity contribution >= 4 is 29.4 Å². The smallest absolute Gasteiger partial charge is 0.491 e. The number of rotatable bonds is 3. The highest BCUT2D eigenvalue weighted by molar-refractivity contribution is 6.09. The van der Waals surface area contributed by atoms with Gasteiger partial charge in [-0.3, -0.25) is 9.69 Å². The van der Waals surface area contributed by atoms with Gasteiger partial charge >= 0.3 is 18.1 Å². The summed E-state index contributed by atoms with van der Waals surface area (Å²) in [5, 5.41) is 21.0. The van der Waals surface area contributed by atoms with Crippen LogP contribution in [0.1, 0.15) is 15.9 Å². The third-order valence-electron chi connectivity index (χ3n) is 6.47. The maximum Gasteiger partial charge on any atom is 0.491 e. The number of phenols is 1. The van der Waals surface area contributed by atoms with E-state index in [9.17, 15) is 37.9 Å². The van der Waals surface area contributed by atoms with Crippen molar-refractivity contribution in [2.75, 3.05) is 16.9 Å². The number of anilines is 2. The number of esters is 1. The molecule has 0 aliphatic carbocycles. The largest absolute Gasteiger partial charge is 0.507 e. The van der Waals surface area contributed by atoms with Crippen LogP contribution in [0, 0.1) is 11.3 Å². The van der Waals surface area contributed by atoms with Gasteiger partial charge in [-0.1, -0.05) is 36.4 Å². The normalized spacial score (nSPS) is 14.7. The summed E-state index contributed by atoms with van der Waals surface area (Å²) in [6, 6.07) is 19.1. The second-order valence-electron chi connectivity index (χ2n) is 9.39. The second kappa shape index (κ2) is 11.7. The van der Waals surface area contributed by atoms with Gasteiger partial charge in [-0.25, -0.2) is 20.1 Å². The van der Waals surface area contributed by atoms with Crippen molar-refractivity contribution in [1.82, 2.24) is 4.98 Å². The van der Waals surface area contributed by atoms with Crippen LogP contribution in [0.4, 0.5) is 24.7 Å². The molecule has 0 spiro atoms. The molecular weight excluding hydrogens is 583 g/mol. The number of hydrogen-bond acceptors (Lipinski definition) is 10. The number of carbonyl (C=O) groups excluding carboxylic acids is 3. The predicted octanol–water partition coefficient (Wildman–Crippen LogP) is 4.32. The summed E-state index contributed by atoms with van der Waals surface area (Å²) < 4.78 is 43.6. The predicted molar refractivity (Wildman–Crippen MR) is 149 cm³/mol. The number of ether oxygens (including phenoxy) is 1. The number of fused-ring (bicyclic) bond motifs is 5. The van der Waals surface area contributed by atoms with Gasteiger partial charge in [0.2, 0.25) is 0 Å². The van der Waals surface area contributed by atoms with E-state index in [0.29, 0.717) is 11.3 Å². The summed E-state index contributed by atoms with van der Waals surface area (Å²) in [7, 11) is 0. The number of alkyl halides is 3. The summed E-state index contributed by atoms with van der Waals surface area (Å²) in [4.78, 5) is 49.0. The first-order chi connectivity index (χ1) is 21.0. The van der Waals surface area contributed by atoms with Crippen LogP contribution < -0.4 is 20.9 Å². The molecule has 1 atom stereocenters. The van der Waals surface area contributed by atoms with Crippen LogP contribution in [0.3, 0.4) is 0 Å². The third-order valence-corrected chi connectivity index (χ3v) is 6.47. The number of aromatic hydroxyl groups is 1. The minimum absolute atomic E-state index is 0.105. The zero-order chi connectivity index (χ0) is 31.6. The zero-order valence-corrected chi connectivity index (χ0v) is 22.3. The zero-order valence-electron chi connectivity index (χ0n) is 22.3. The number of phenolic OH excluding ortho intramolecular Hbond substituents is 1. The average molecular weight is 604 g/mol. The average Bonchev–Trinajstić information content (AvgIpc) is 3.01. The molecule has 0 saturated heterocycles. The minimum atomic E-state index is -5.37. The molecule has 222 valence electrons. The van der Waals surface area contributed by atoms with Crippen molar-refractivity contribution in [3.05, 3.63) is 90.0 Å². The summed E-state index contributed by atoms with van der Waals surface area (Å²) in [6.45, 7) is -0.680. The lowest BCUT2D eigenvalue weighted by molar-refractivity contribution is -0.189. The molecule has 4 bridgehead atoms. The van der Waals surface area contributed by atoms with Crippen molar-refractivity contribution in [2.24, 2.45) is 5.73 Å². The molecule has 0 saturated carbocycles. The number of hydrogen-bond donors (Lipinski definition) is 3. The number of para-hydroxylation sites is 2. The SMILES string of the molecule is N#Cc1c2cc(-c3ccccc3O)nc1N(C(=O)c1ccccc1OC(=O)C(F)(F)F)CC(N)C(=O)ONc1cccc-2c1. The summed E-state index contributed by atoms with van der Waals surface area (Å²) in [5.74, 6) is -5.97. The van der Waals surface area contributed by atoms with Gasteiger partial charge in [0, 0.05) is 11.1 Å². The lowest BCUT2D eigenvalue weighted by Crippen LogP contribution is -2.47. The molecule has 4 N–H and O–H groups in total. The Morgan fingerprint density at radius 3 is 2.52 bits per heavy atom. The third kappa shape index (κ3) is 5.85. The van der Waals surface area contributed by atoms with Crippen LogP contribution >= 0.6 is 0 Å². The topological polar surface area (TPSA) is 168 Å². The quantitative estimate of drug-likeness (QED) is 0.227. The van der Waals surface area contributed by atoms with Crippen LogP contribution in [0.15, 0.2) is 78.9 Å². The van der Waals surface area contributed by atoms with Gasteiger partial charge in [-0.15, -0.1) is 0 Å². The molecule has 1 unspecified atom stereocenters. The maximum atomic E-state index is 14.1. The number of nitriles is 1. The Kier molecular flexibility index (Phi) is 7.89. The van der Waals surface area contributed by atoms with Crippen molar-refractivity contribution < 1.29 is 42.2 Å². The molecule has 1 amide bonds. The van der Waals surface area contributed by atoms with E-state index in [4.69, 9.17) is 10.6 Å². The molecule has 3 aromatic carbocycles. The molecule has 11 nitrogen and oxygen atoms in total. The first-order valence-corrected chi connectivity index (χ1v) is 12.7. The van der Waals surface area contributed by atoms with Crippen LogP contribution in [-0.4, -0.2) is 46.7 Å². The van der Waals surface area contributed by atoms with E-state index in [1.807, 2.05) is 6.07 Å². The highest BCUT2D eigenvalue weighted by Gasteiger charge is 2.42. The number of nitrogens with two attached hydrogens (primary N) is 1. The molecule has 0 fully saturated rings. The number of nitrogens with one attached hydrogen (secondary N) is 1. The number of amides is 1. The fourth-order valence-corrected chi connectivity index (χ4v) is 4.40. The Bertz CT molecular complexity index is 1840. The standard InChI is InChI=1S/C30H20F3N5O6/c31-30(32,33)29(42)43-25-11-4-2-9-19(25)27(40)38-15-22(35)28(41)44-37-17-7-5-6-16(12-17)20-13-23(36-26(38)21(20)14-34)18-8-1-3-10-24(18)39/h1-13,22,37,39H,15,35H2. The van der Waals surface area contributed by atoms with Crippen molar-refractivity contribution in [1.29, 1.82) is 5.26 Å². The number of aromatic nitrogens is 1. The van der Waals surface area contributed by atoms with E-state index in [2.05, 4.69) is 15.2 Å². The molecule has 1 aliphatic rings. The molecule has 0 radical (unpaired) electrons. The molecule has 1 aromatic heterocycles. The van der Waals surface area contributed by atoms with E-state index in [1.165, 1.54) is 24.3 Å². The molecular formula is C30H20F3N5O6. The first kappa shape index (κ1) is 29.5. The maximum absolute atomic E-state index is 14.1. The highest BCUT2D eigenvalue weighted by Crippen LogP contribution is 2.38. The van der Waals surface area contributed by atoms with Gasteiger partial charge in [0.15, 0.2) is 5.82 Å². The minimum Gasteiger partial charge on any atom is -0.507 e. The molecule has 2 heterocycles. The second-order valence-corrected chi connectivity index (χ2v) is 9.39. The fourth-order valence-electron chi connectivity index (χ4n) is 4.40. The van der Waals surface area contributed by atoms with Crippen LogP contribution in [0.25, 0.3) is 22.4 Å². The Morgan fingerprint density at radius 2 is 1.80 bits per heavy atom. The highest BCUT2D eigenvalue weighted by atomic mass is 19.4. The van der Waals surface area contributed by atoms with Crippen LogP contribution in [0.5, 0.6) is 11.5 Å². The lowest BCUT2D eigenvalue weighted by atomic mass is 9.97. The first-order valence-electron chi connectivity index (χ1n) is 12.7. The number of benzene rings is 3. The van der Waals surface area contributed by atoms with E-state index in [-0.39, 0.29) is 34.0 Å². The molecule has 5 rings (SSSR count). The summed E-state index contributed by atoms with van der Waals surface area (Å²) in [5.41, 5.74) is 9.18. The van der Waals surface area contributed by atoms with Gasteiger partial charge in [0.05, 0.1) is 23.5 Å². The Morgan fingerprint density at radius 1 is 1.07 bits per heavy atom. The monoisotopic (exact) mass is 603 g/mol. The van der Waals surface area contributed by atoms with Gasteiger partial charge in [0.25, 0.3) is 5.91 Å². The summed E-state index contributed by atoms with van der Waals surface area (Å²) >= 11 is 0. The number of nitrogens with zero attached hydrogens (tertiary/aromatic N) is 3. The van der Waals surface area contributed by atoms with Crippen LogP contribution in [-0.2, 0) is 14.4 Å². The van der Waals surface area contributed by atoms with E-state index in [1.54, 1.807) is 42.5 Å². The van der Waals surface area contributed by atoms with E-state index < -0.39 is 47.9 Å². The number of halogens is 3. The van der Waals surface area contributed by atoms with Crippen molar-refractivity contribution in [2.45, 2.75) is 12.2 Å². The number of pyridine rings is 1. The number of carbonyl (C=O) groups is 3. The van der Waals surface area contributed by atoms with Gasteiger partial charge in [-0.2, -0.15) is 18.4 Å². The van der Waals surface area contributed by atoms with Crippen molar-refractivity contribution in [3.8, 4) is 40.0 Å².